The Balaban J connectivity index is 1.56. The van der Waals surface area contributed by atoms with Crippen LogP contribution in [-0.4, -0.2) is 59.0 Å². The number of sulfonamides is 1. The van der Waals surface area contributed by atoms with Crippen LogP contribution in [0.2, 0.25) is 0 Å². The Bertz CT molecular complexity index is 1440. The highest BCUT2D eigenvalue weighted by Gasteiger charge is 2.30. The third-order valence-corrected chi connectivity index (χ3v) is 9.00. The van der Waals surface area contributed by atoms with E-state index in [2.05, 4.69) is 10.6 Å². The molecule has 1 aliphatic heterocycles. The first-order chi connectivity index (χ1) is 17.7. The number of anilines is 2. The van der Waals surface area contributed by atoms with Crippen molar-refractivity contribution in [2.24, 2.45) is 0 Å². The molecule has 0 bridgehead atoms. The second-order valence-corrected chi connectivity index (χ2v) is 11.3. The van der Waals surface area contributed by atoms with Crippen LogP contribution >= 0.6 is 11.3 Å². The number of methoxy groups -OCH3 is 1. The number of carbonyl (C=O) groups is 3. The van der Waals surface area contributed by atoms with E-state index in [4.69, 9.17) is 4.74 Å². The molecule has 1 aromatic heterocycles. The summed E-state index contributed by atoms with van der Waals surface area (Å²) in [6, 6.07) is 14.3. The third-order valence-electron chi connectivity index (χ3n) is 6.07. The fourth-order valence-corrected chi connectivity index (χ4v) is 6.48. The van der Waals surface area contributed by atoms with E-state index < -0.39 is 22.0 Å². The Morgan fingerprint density at radius 3 is 2.32 bits per heavy atom. The summed E-state index contributed by atoms with van der Waals surface area (Å²) in [4.78, 5) is 40.0. The van der Waals surface area contributed by atoms with Crippen LogP contribution in [0.25, 0.3) is 0 Å². The van der Waals surface area contributed by atoms with Gasteiger partial charge in [-0.05, 0) is 48.4 Å². The molecular weight excluding hydrogens is 516 g/mol. The van der Waals surface area contributed by atoms with Crippen molar-refractivity contribution in [3.8, 4) is 0 Å². The fraction of sp³-hybridized carbons (Fsp3) is 0.240. The van der Waals surface area contributed by atoms with Crippen LogP contribution in [0.3, 0.4) is 0 Å². The lowest BCUT2D eigenvalue weighted by molar-refractivity contribution is 0.0962. The molecule has 0 radical (unpaired) electrons. The first-order valence-electron chi connectivity index (χ1n) is 11.3. The van der Waals surface area contributed by atoms with Crippen molar-refractivity contribution in [2.45, 2.75) is 17.9 Å². The van der Waals surface area contributed by atoms with Crippen molar-refractivity contribution < 1.29 is 27.5 Å². The first kappa shape index (κ1) is 26.2. The molecule has 0 saturated carbocycles. The summed E-state index contributed by atoms with van der Waals surface area (Å²) in [5, 5.41) is 5.75. The number of benzene rings is 2. The number of nitrogens with zero attached hydrogens (tertiary/aromatic N) is 2. The molecule has 194 valence electrons. The van der Waals surface area contributed by atoms with Crippen molar-refractivity contribution in [2.75, 3.05) is 37.4 Å². The number of rotatable bonds is 6. The molecule has 3 aromatic rings. The van der Waals surface area contributed by atoms with E-state index in [0.29, 0.717) is 29.2 Å². The van der Waals surface area contributed by atoms with Crippen molar-refractivity contribution in [1.82, 2.24) is 10.2 Å². The van der Waals surface area contributed by atoms with E-state index in [1.807, 2.05) is 0 Å². The van der Waals surface area contributed by atoms with Gasteiger partial charge in [0.05, 0.1) is 29.8 Å². The van der Waals surface area contributed by atoms with E-state index >= 15 is 0 Å². The van der Waals surface area contributed by atoms with E-state index in [9.17, 15) is 22.8 Å². The van der Waals surface area contributed by atoms with E-state index in [-0.39, 0.29) is 22.9 Å². The lowest BCUT2D eigenvalue weighted by Crippen LogP contribution is -2.35. The molecular formula is C25H26N4O6S2. The summed E-state index contributed by atoms with van der Waals surface area (Å²) in [6.45, 7) is 0.662. The number of amides is 3. The van der Waals surface area contributed by atoms with Crippen molar-refractivity contribution in [1.29, 1.82) is 0 Å². The van der Waals surface area contributed by atoms with Gasteiger partial charge in [0.2, 0.25) is 0 Å². The zero-order valence-corrected chi connectivity index (χ0v) is 22.1. The molecule has 0 saturated heterocycles. The zero-order chi connectivity index (χ0) is 26.7. The van der Waals surface area contributed by atoms with E-state index in [1.165, 1.54) is 66.0 Å². The van der Waals surface area contributed by atoms with Gasteiger partial charge in [-0.1, -0.05) is 18.2 Å². The van der Waals surface area contributed by atoms with Crippen molar-refractivity contribution in [3.05, 3.63) is 76.2 Å². The Labute approximate surface area is 218 Å². The van der Waals surface area contributed by atoms with Gasteiger partial charge in [-0.2, -0.15) is 0 Å². The largest absolute Gasteiger partial charge is 0.453 e. The van der Waals surface area contributed by atoms with Crippen LogP contribution in [0.4, 0.5) is 15.5 Å². The molecule has 3 amide bonds. The molecule has 0 fully saturated rings. The van der Waals surface area contributed by atoms with E-state index in [0.717, 1.165) is 10.4 Å². The number of nitrogens with one attached hydrogen (secondary N) is 2. The predicted octanol–water partition coefficient (Wildman–Crippen LogP) is 3.31. The fourth-order valence-electron chi connectivity index (χ4n) is 4.03. The Kier molecular flexibility index (Phi) is 7.50. The molecule has 37 heavy (non-hydrogen) atoms. The number of thiophene rings is 1. The molecule has 1 aliphatic rings. The van der Waals surface area contributed by atoms with Crippen LogP contribution < -0.4 is 14.9 Å². The topological polar surface area (TPSA) is 125 Å². The van der Waals surface area contributed by atoms with E-state index in [1.54, 1.807) is 30.3 Å². The van der Waals surface area contributed by atoms with Crippen LogP contribution in [0.1, 0.15) is 31.2 Å². The predicted molar refractivity (Wildman–Crippen MR) is 141 cm³/mol. The average Bonchev–Trinajstić information content (AvgIpc) is 3.29. The molecule has 0 unspecified atom stereocenters. The van der Waals surface area contributed by atoms with Gasteiger partial charge in [-0.15, -0.1) is 11.3 Å². The van der Waals surface area contributed by atoms with Crippen LogP contribution in [-0.2, 0) is 27.7 Å². The monoisotopic (exact) mass is 542 g/mol. The van der Waals surface area contributed by atoms with Crippen LogP contribution in [0, 0.1) is 0 Å². The van der Waals surface area contributed by atoms with Gasteiger partial charge in [-0.25, -0.2) is 13.2 Å². The quantitative estimate of drug-likeness (QED) is 0.492. The standard InChI is InChI=1S/C25H26N4O6S2/c1-26-23(31)21-19-13-14-29(25(32)35-3)15-20(19)36-24(21)27-22(30)16-9-11-18(12-10-16)37(33,34)28(2)17-7-5-4-6-8-17/h4-12H,13-15H2,1-3H3,(H,26,31)(H,27,30). The van der Waals surface area contributed by atoms with Gasteiger partial charge in [0, 0.05) is 31.1 Å². The normalized spacial score (nSPS) is 12.9. The number of fused-ring (bicyclic) bond motifs is 1. The van der Waals surface area contributed by atoms with Gasteiger partial charge in [-0.3, -0.25) is 13.9 Å². The molecule has 2 heterocycles. The molecule has 12 heteroatoms. The van der Waals surface area contributed by atoms with Crippen molar-refractivity contribution >= 4 is 50.0 Å². The molecule has 0 spiro atoms. The highest BCUT2D eigenvalue weighted by molar-refractivity contribution is 7.92. The summed E-state index contributed by atoms with van der Waals surface area (Å²) in [5.74, 6) is -0.835. The first-order valence-corrected chi connectivity index (χ1v) is 13.6. The summed E-state index contributed by atoms with van der Waals surface area (Å²) >= 11 is 1.22. The van der Waals surface area contributed by atoms with Gasteiger partial charge in [0.1, 0.15) is 5.00 Å². The van der Waals surface area contributed by atoms with Crippen molar-refractivity contribution in [3.63, 3.8) is 0 Å². The lowest BCUT2D eigenvalue weighted by Gasteiger charge is -2.25. The summed E-state index contributed by atoms with van der Waals surface area (Å²) < 4.78 is 32.0. The minimum Gasteiger partial charge on any atom is -0.453 e. The number of carbonyl (C=O) groups excluding carboxylic acids is 3. The maximum absolute atomic E-state index is 13.0. The molecule has 10 nitrogen and oxygen atoms in total. The zero-order valence-electron chi connectivity index (χ0n) is 20.5. The van der Waals surface area contributed by atoms with Crippen LogP contribution in [0.5, 0.6) is 0 Å². The molecule has 4 rings (SSSR count). The molecule has 2 N–H and O–H groups in total. The molecule has 0 aliphatic carbocycles. The molecule has 0 atom stereocenters. The molecule has 2 aromatic carbocycles. The smallest absolute Gasteiger partial charge is 0.409 e. The van der Waals surface area contributed by atoms with Crippen LogP contribution in [0.15, 0.2) is 59.5 Å². The second-order valence-electron chi connectivity index (χ2n) is 8.22. The summed E-state index contributed by atoms with van der Waals surface area (Å²) in [7, 11) is 0.458. The van der Waals surface area contributed by atoms with Gasteiger partial charge in [0.15, 0.2) is 0 Å². The summed E-state index contributed by atoms with van der Waals surface area (Å²) in [6.07, 6.45) is -0.0137. The maximum atomic E-state index is 13.0. The number of hydrogen-bond acceptors (Lipinski definition) is 7. The number of ether oxygens (including phenoxy) is 1. The SMILES string of the molecule is CNC(=O)c1c(NC(=O)c2ccc(S(=O)(=O)N(C)c3ccccc3)cc2)sc2c1CCN(C(=O)OC)C2. The highest BCUT2D eigenvalue weighted by atomic mass is 32.2. The highest BCUT2D eigenvalue weighted by Crippen LogP contribution is 2.37. The van der Waals surface area contributed by atoms with Gasteiger partial charge >= 0.3 is 6.09 Å². The lowest BCUT2D eigenvalue weighted by atomic mass is 10.0. The van der Waals surface area contributed by atoms with Gasteiger partial charge in [0.25, 0.3) is 21.8 Å². The minimum absolute atomic E-state index is 0.0379. The average molecular weight is 543 g/mol. The maximum Gasteiger partial charge on any atom is 0.409 e. The number of hydrogen-bond donors (Lipinski definition) is 2. The Hall–Kier alpha value is -3.90. The Morgan fingerprint density at radius 1 is 1.03 bits per heavy atom. The minimum atomic E-state index is -3.82. The Morgan fingerprint density at radius 2 is 1.70 bits per heavy atom. The summed E-state index contributed by atoms with van der Waals surface area (Å²) in [5.41, 5.74) is 1.89. The number of para-hydroxylation sites is 1. The third kappa shape index (κ3) is 5.16. The van der Waals surface area contributed by atoms with Gasteiger partial charge < -0.3 is 20.3 Å². The second kappa shape index (κ2) is 10.6.